The zero-order chi connectivity index (χ0) is 12.1. The molecule has 3 heteroatoms. The summed E-state index contributed by atoms with van der Waals surface area (Å²) >= 11 is 1.79. The molecule has 0 aromatic carbocycles. The SMILES string of the molecule is CCC(C)C(CO)NC(C)c1sccc1C. The third-order valence-corrected chi connectivity index (χ3v) is 4.49. The van der Waals surface area contributed by atoms with Crippen molar-refractivity contribution in [2.75, 3.05) is 6.61 Å². The van der Waals surface area contributed by atoms with E-state index in [4.69, 9.17) is 0 Å². The quantitative estimate of drug-likeness (QED) is 0.802. The van der Waals surface area contributed by atoms with Gasteiger partial charge in [0.1, 0.15) is 0 Å². The highest BCUT2D eigenvalue weighted by atomic mass is 32.1. The molecule has 0 bridgehead atoms. The Labute approximate surface area is 103 Å². The lowest BCUT2D eigenvalue weighted by Gasteiger charge is -2.26. The molecule has 0 aliphatic heterocycles. The molecule has 2 N–H and O–H groups in total. The average Bonchev–Trinajstić information content (AvgIpc) is 2.71. The molecule has 1 rings (SSSR count). The number of nitrogens with one attached hydrogen (secondary N) is 1. The van der Waals surface area contributed by atoms with Crippen LogP contribution < -0.4 is 5.32 Å². The molecule has 1 heterocycles. The predicted octanol–water partition coefficient (Wildman–Crippen LogP) is 3.11. The summed E-state index contributed by atoms with van der Waals surface area (Å²) in [6.07, 6.45) is 1.09. The van der Waals surface area contributed by atoms with Crippen molar-refractivity contribution in [1.82, 2.24) is 5.32 Å². The molecule has 0 saturated heterocycles. The van der Waals surface area contributed by atoms with Gasteiger partial charge < -0.3 is 10.4 Å². The second-order valence-corrected chi connectivity index (χ2v) is 5.48. The Kier molecular flexibility index (Phi) is 5.46. The highest BCUT2D eigenvalue weighted by molar-refractivity contribution is 7.10. The first-order valence-corrected chi connectivity index (χ1v) is 6.89. The number of rotatable bonds is 6. The molecule has 0 radical (unpaired) electrons. The third kappa shape index (κ3) is 3.30. The van der Waals surface area contributed by atoms with Gasteiger partial charge in [-0.1, -0.05) is 20.3 Å². The van der Waals surface area contributed by atoms with Crippen molar-refractivity contribution in [1.29, 1.82) is 0 Å². The van der Waals surface area contributed by atoms with Crippen LogP contribution in [0.15, 0.2) is 11.4 Å². The summed E-state index contributed by atoms with van der Waals surface area (Å²) in [6, 6.07) is 2.67. The second kappa shape index (κ2) is 6.38. The number of thiophene rings is 1. The molecule has 0 fully saturated rings. The van der Waals surface area contributed by atoms with Crippen LogP contribution in [0, 0.1) is 12.8 Å². The molecule has 0 aliphatic carbocycles. The summed E-state index contributed by atoms with van der Waals surface area (Å²) in [5, 5.41) is 15.0. The van der Waals surface area contributed by atoms with Crippen LogP contribution in [0.4, 0.5) is 0 Å². The van der Waals surface area contributed by atoms with E-state index in [1.165, 1.54) is 10.4 Å². The van der Waals surface area contributed by atoms with Gasteiger partial charge in [0.05, 0.1) is 6.61 Å². The van der Waals surface area contributed by atoms with E-state index in [9.17, 15) is 5.11 Å². The molecule has 2 nitrogen and oxygen atoms in total. The van der Waals surface area contributed by atoms with Crippen molar-refractivity contribution in [3.05, 3.63) is 21.9 Å². The second-order valence-electron chi connectivity index (χ2n) is 4.53. The molecule has 1 aromatic rings. The van der Waals surface area contributed by atoms with Gasteiger partial charge in [0.25, 0.3) is 0 Å². The molecule has 0 amide bonds. The van der Waals surface area contributed by atoms with Crippen molar-refractivity contribution in [2.45, 2.75) is 46.2 Å². The first-order valence-electron chi connectivity index (χ1n) is 6.01. The first-order chi connectivity index (χ1) is 7.60. The summed E-state index contributed by atoms with van der Waals surface area (Å²) in [5.41, 5.74) is 1.34. The minimum absolute atomic E-state index is 0.196. The Morgan fingerprint density at radius 3 is 2.56 bits per heavy atom. The molecule has 92 valence electrons. The average molecular weight is 241 g/mol. The van der Waals surface area contributed by atoms with Gasteiger partial charge in [0, 0.05) is 17.0 Å². The van der Waals surface area contributed by atoms with Crippen LogP contribution in [0.1, 0.15) is 43.7 Å². The minimum Gasteiger partial charge on any atom is -0.395 e. The molecule has 3 atom stereocenters. The van der Waals surface area contributed by atoms with E-state index in [2.05, 4.69) is 44.5 Å². The van der Waals surface area contributed by atoms with Gasteiger partial charge in [-0.3, -0.25) is 0 Å². The fourth-order valence-corrected chi connectivity index (χ4v) is 2.85. The maximum Gasteiger partial charge on any atom is 0.0587 e. The summed E-state index contributed by atoms with van der Waals surface area (Å²) in [7, 11) is 0. The summed E-state index contributed by atoms with van der Waals surface area (Å²) in [5.74, 6) is 0.507. The maximum absolute atomic E-state index is 9.38. The lowest BCUT2D eigenvalue weighted by Crippen LogP contribution is -2.39. The topological polar surface area (TPSA) is 32.3 Å². The van der Waals surface area contributed by atoms with Crippen LogP contribution in [-0.4, -0.2) is 17.8 Å². The van der Waals surface area contributed by atoms with Gasteiger partial charge in [0.2, 0.25) is 0 Å². The standard InChI is InChI=1S/C13H23NOS/c1-5-9(2)12(8-15)14-11(4)13-10(3)6-7-16-13/h6-7,9,11-12,14-15H,5,8H2,1-4H3. The first kappa shape index (κ1) is 13.7. The number of aryl methyl sites for hydroxylation is 1. The van der Waals surface area contributed by atoms with Crippen molar-refractivity contribution in [3.63, 3.8) is 0 Å². The van der Waals surface area contributed by atoms with Crippen molar-refractivity contribution < 1.29 is 5.11 Å². The van der Waals surface area contributed by atoms with Crippen LogP contribution in [0.3, 0.4) is 0 Å². The number of hydrogen-bond acceptors (Lipinski definition) is 3. The molecular weight excluding hydrogens is 218 g/mol. The van der Waals surface area contributed by atoms with Gasteiger partial charge >= 0.3 is 0 Å². The highest BCUT2D eigenvalue weighted by Crippen LogP contribution is 2.24. The van der Waals surface area contributed by atoms with Crippen molar-refractivity contribution >= 4 is 11.3 Å². The van der Waals surface area contributed by atoms with Crippen LogP contribution in [0.25, 0.3) is 0 Å². The molecule has 0 saturated carbocycles. The molecule has 16 heavy (non-hydrogen) atoms. The maximum atomic E-state index is 9.38. The van der Waals surface area contributed by atoms with Gasteiger partial charge in [-0.2, -0.15) is 0 Å². The fraction of sp³-hybridized carbons (Fsp3) is 0.692. The lowest BCUT2D eigenvalue weighted by molar-refractivity contribution is 0.193. The highest BCUT2D eigenvalue weighted by Gasteiger charge is 2.19. The minimum atomic E-state index is 0.196. The van der Waals surface area contributed by atoms with Gasteiger partial charge in [-0.15, -0.1) is 11.3 Å². The molecule has 1 aromatic heterocycles. The third-order valence-electron chi connectivity index (χ3n) is 3.29. The van der Waals surface area contributed by atoms with Gasteiger partial charge in [0.15, 0.2) is 0 Å². The lowest BCUT2D eigenvalue weighted by atomic mass is 9.99. The van der Waals surface area contributed by atoms with E-state index in [0.717, 1.165) is 6.42 Å². The zero-order valence-corrected chi connectivity index (χ0v) is 11.5. The predicted molar refractivity (Wildman–Crippen MR) is 70.9 cm³/mol. The Morgan fingerprint density at radius 2 is 2.12 bits per heavy atom. The van der Waals surface area contributed by atoms with Crippen molar-refractivity contribution in [2.24, 2.45) is 5.92 Å². The molecular formula is C13H23NOS. The normalized spacial score (nSPS) is 17.1. The molecule has 0 aliphatic rings. The summed E-state index contributed by atoms with van der Waals surface area (Å²) in [4.78, 5) is 1.38. The van der Waals surface area contributed by atoms with Crippen LogP contribution in [0.2, 0.25) is 0 Å². The molecule has 3 unspecified atom stereocenters. The van der Waals surface area contributed by atoms with E-state index in [1.807, 2.05) is 0 Å². The van der Waals surface area contributed by atoms with E-state index < -0.39 is 0 Å². The van der Waals surface area contributed by atoms with Crippen LogP contribution >= 0.6 is 11.3 Å². The Bertz CT molecular complexity index is 311. The van der Waals surface area contributed by atoms with Gasteiger partial charge in [-0.05, 0) is 36.8 Å². The molecule has 0 spiro atoms. The Morgan fingerprint density at radius 1 is 1.44 bits per heavy atom. The smallest absolute Gasteiger partial charge is 0.0587 e. The van der Waals surface area contributed by atoms with Crippen LogP contribution in [-0.2, 0) is 0 Å². The van der Waals surface area contributed by atoms with E-state index in [-0.39, 0.29) is 12.6 Å². The van der Waals surface area contributed by atoms with E-state index in [0.29, 0.717) is 12.0 Å². The van der Waals surface area contributed by atoms with Gasteiger partial charge in [-0.25, -0.2) is 0 Å². The largest absolute Gasteiger partial charge is 0.395 e. The number of hydrogen-bond donors (Lipinski definition) is 2. The van der Waals surface area contributed by atoms with Crippen molar-refractivity contribution in [3.8, 4) is 0 Å². The van der Waals surface area contributed by atoms with E-state index in [1.54, 1.807) is 11.3 Å². The van der Waals surface area contributed by atoms with Crippen LogP contribution in [0.5, 0.6) is 0 Å². The Balaban J connectivity index is 2.62. The number of aliphatic hydroxyl groups is 1. The summed E-state index contributed by atoms with van der Waals surface area (Å²) < 4.78 is 0. The summed E-state index contributed by atoms with van der Waals surface area (Å²) in [6.45, 7) is 8.87. The fourth-order valence-electron chi connectivity index (χ4n) is 1.91. The van der Waals surface area contributed by atoms with E-state index >= 15 is 0 Å². The zero-order valence-electron chi connectivity index (χ0n) is 10.7. The Hall–Kier alpha value is -0.380. The number of aliphatic hydroxyl groups excluding tert-OH is 1. The monoisotopic (exact) mass is 241 g/mol.